The molecule has 0 saturated carbocycles. The van der Waals surface area contributed by atoms with Crippen LogP contribution in [0.15, 0.2) is 33.5 Å². The van der Waals surface area contributed by atoms with Gasteiger partial charge in [0.25, 0.3) is 0 Å². The number of aliphatic hydroxyl groups is 1. The summed E-state index contributed by atoms with van der Waals surface area (Å²) in [5.74, 6) is 0. The summed E-state index contributed by atoms with van der Waals surface area (Å²) in [7, 11) is 0. The van der Waals surface area contributed by atoms with Crippen LogP contribution in [0.3, 0.4) is 0 Å². The lowest BCUT2D eigenvalue weighted by Gasteiger charge is -1.97. The zero-order valence-electron chi connectivity index (χ0n) is 8.25. The van der Waals surface area contributed by atoms with E-state index in [1.54, 1.807) is 12.1 Å². The highest BCUT2D eigenvalue weighted by Crippen LogP contribution is 2.11. The lowest BCUT2D eigenvalue weighted by Crippen LogP contribution is -2.25. The minimum Gasteiger partial charge on any atom is -0.394 e. The Morgan fingerprint density at radius 3 is 2.56 bits per heavy atom. The van der Waals surface area contributed by atoms with Gasteiger partial charge in [-0.15, -0.1) is 0 Å². The molecular formula is C9H9BrN4O2. The Hall–Kier alpha value is -1.47. The second-order valence-electron chi connectivity index (χ2n) is 3.10. The predicted molar refractivity (Wildman–Crippen MR) is 60.4 cm³/mol. The molecule has 0 unspecified atom stereocenters. The Bertz CT molecular complexity index is 531. The summed E-state index contributed by atoms with van der Waals surface area (Å²) < 4.78 is 3.22. The number of rotatable bonds is 3. The van der Waals surface area contributed by atoms with Crippen molar-refractivity contribution < 1.29 is 5.11 Å². The Kier molecular flexibility index (Phi) is 3.16. The highest BCUT2D eigenvalue weighted by molar-refractivity contribution is 9.10. The second kappa shape index (κ2) is 4.58. The molecule has 0 radical (unpaired) electrons. The van der Waals surface area contributed by atoms with Crippen molar-refractivity contribution in [2.75, 3.05) is 6.61 Å². The molecule has 0 saturated heterocycles. The molecule has 16 heavy (non-hydrogen) atoms. The molecule has 0 fully saturated rings. The Labute approximate surface area is 99.2 Å². The lowest BCUT2D eigenvalue weighted by atomic mass is 10.3. The van der Waals surface area contributed by atoms with Gasteiger partial charge in [0.05, 0.1) is 18.8 Å². The number of hydrogen-bond donors (Lipinski definition) is 1. The first-order valence-corrected chi connectivity index (χ1v) is 5.41. The standard InChI is InChI=1S/C9H9BrN4O2/c10-7-1-3-8(4-2-7)14-9(16)13(5-6-15)11-12-14/h1-4,15H,5-6H2. The van der Waals surface area contributed by atoms with Gasteiger partial charge >= 0.3 is 5.69 Å². The molecule has 0 aliphatic rings. The number of tetrazole rings is 1. The van der Waals surface area contributed by atoms with Crippen molar-refractivity contribution in [1.82, 2.24) is 19.8 Å². The predicted octanol–water partition coefficient (Wildman–Crippen LogP) is 0.184. The summed E-state index contributed by atoms with van der Waals surface area (Å²) in [5, 5.41) is 16.1. The van der Waals surface area contributed by atoms with Crippen molar-refractivity contribution in [2.24, 2.45) is 0 Å². The topological polar surface area (TPSA) is 72.9 Å². The molecule has 0 atom stereocenters. The summed E-state index contributed by atoms with van der Waals surface area (Å²) in [4.78, 5) is 11.7. The van der Waals surface area contributed by atoms with Gasteiger partial charge in [-0.1, -0.05) is 15.9 Å². The van der Waals surface area contributed by atoms with E-state index in [9.17, 15) is 4.79 Å². The SMILES string of the molecule is O=c1n(CCO)nnn1-c1ccc(Br)cc1. The number of aromatic nitrogens is 4. The summed E-state index contributed by atoms with van der Waals surface area (Å²) >= 11 is 3.30. The van der Waals surface area contributed by atoms with Crippen molar-refractivity contribution in [3.63, 3.8) is 0 Å². The molecule has 1 N–H and O–H groups in total. The largest absolute Gasteiger partial charge is 0.394 e. The van der Waals surface area contributed by atoms with Gasteiger partial charge in [0.2, 0.25) is 0 Å². The normalized spacial score (nSPS) is 10.6. The van der Waals surface area contributed by atoms with E-state index in [0.29, 0.717) is 5.69 Å². The smallest absolute Gasteiger partial charge is 0.368 e. The van der Waals surface area contributed by atoms with E-state index < -0.39 is 0 Å². The third-order valence-electron chi connectivity index (χ3n) is 2.02. The average Bonchev–Trinajstić information content (AvgIpc) is 2.63. The van der Waals surface area contributed by atoms with E-state index >= 15 is 0 Å². The van der Waals surface area contributed by atoms with E-state index in [0.717, 1.165) is 9.15 Å². The van der Waals surface area contributed by atoms with Gasteiger partial charge in [-0.3, -0.25) is 0 Å². The first-order chi connectivity index (χ1) is 7.72. The molecule has 84 valence electrons. The second-order valence-corrected chi connectivity index (χ2v) is 4.01. The Morgan fingerprint density at radius 1 is 1.25 bits per heavy atom. The quantitative estimate of drug-likeness (QED) is 0.873. The average molecular weight is 285 g/mol. The van der Waals surface area contributed by atoms with Crippen LogP contribution in [-0.4, -0.2) is 31.5 Å². The Morgan fingerprint density at radius 2 is 1.94 bits per heavy atom. The molecule has 7 heteroatoms. The fraction of sp³-hybridized carbons (Fsp3) is 0.222. The summed E-state index contributed by atoms with van der Waals surface area (Å²) in [6.45, 7) is 0.00823. The van der Waals surface area contributed by atoms with Crippen LogP contribution < -0.4 is 5.69 Å². The molecule has 0 bridgehead atoms. The number of benzene rings is 1. The monoisotopic (exact) mass is 284 g/mol. The van der Waals surface area contributed by atoms with Crippen LogP contribution in [0.5, 0.6) is 0 Å². The third kappa shape index (κ3) is 2.05. The Balaban J connectivity index is 2.41. The highest BCUT2D eigenvalue weighted by atomic mass is 79.9. The minimum absolute atomic E-state index is 0.140. The lowest BCUT2D eigenvalue weighted by molar-refractivity contribution is 0.266. The third-order valence-corrected chi connectivity index (χ3v) is 2.55. The minimum atomic E-state index is -0.364. The molecule has 0 amide bonds. The molecule has 1 heterocycles. The van der Waals surface area contributed by atoms with Crippen molar-refractivity contribution in [1.29, 1.82) is 0 Å². The van der Waals surface area contributed by atoms with Crippen molar-refractivity contribution in [2.45, 2.75) is 6.54 Å². The van der Waals surface area contributed by atoms with Gasteiger partial charge < -0.3 is 5.11 Å². The maximum atomic E-state index is 11.7. The van der Waals surface area contributed by atoms with Gasteiger partial charge in [-0.05, 0) is 34.7 Å². The van der Waals surface area contributed by atoms with E-state index in [2.05, 4.69) is 26.4 Å². The first kappa shape index (κ1) is 11.0. The fourth-order valence-electron chi connectivity index (χ4n) is 1.25. The molecule has 6 nitrogen and oxygen atoms in total. The number of hydrogen-bond acceptors (Lipinski definition) is 4. The molecule has 2 aromatic rings. The maximum Gasteiger partial charge on any atom is 0.368 e. The number of aliphatic hydroxyl groups excluding tert-OH is 1. The summed E-state index contributed by atoms with van der Waals surface area (Å²) in [6.07, 6.45) is 0. The molecule has 1 aromatic heterocycles. The maximum absolute atomic E-state index is 11.7. The summed E-state index contributed by atoms with van der Waals surface area (Å²) in [5.41, 5.74) is 0.272. The van der Waals surface area contributed by atoms with E-state index in [-0.39, 0.29) is 18.8 Å². The zero-order valence-corrected chi connectivity index (χ0v) is 9.83. The van der Waals surface area contributed by atoms with E-state index in [1.165, 1.54) is 4.68 Å². The molecule has 0 spiro atoms. The van der Waals surface area contributed by atoms with Crippen LogP contribution in [0, 0.1) is 0 Å². The summed E-state index contributed by atoms with van der Waals surface area (Å²) in [6, 6.07) is 7.13. The first-order valence-electron chi connectivity index (χ1n) is 4.62. The molecule has 2 rings (SSSR count). The van der Waals surface area contributed by atoms with Crippen LogP contribution in [0.2, 0.25) is 0 Å². The van der Waals surface area contributed by atoms with Crippen LogP contribution in [0.25, 0.3) is 5.69 Å². The van der Waals surface area contributed by atoms with Crippen LogP contribution in [-0.2, 0) is 6.54 Å². The van der Waals surface area contributed by atoms with Crippen molar-refractivity contribution >= 4 is 15.9 Å². The van der Waals surface area contributed by atoms with Gasteiger partial charge in [-0.2, -0.15) is 9.36 Å². The van der Waals surface area contributed by atoms with Gasteiger partial charge in [0.15, 0.2) is 0 Å². The zero-order chi connectivity index (χ0) is 11.5. The van der Waals surface area contributed by atoms with E-state index in [1.807, 2.05) is 12.1 Å². The molecule has 0 aliphatic carbocycles. The van der Waals surface area contributed by atoms with E-state index in [4.69, 9.17) is 5.11 Å². The fourth-order valence-corrected chi connectivity index (χ4v) is 1.52. The molecule has 0 aliphatic heterocycles. The van der Waals surface area contributed by atoms with Gasteiger partial charge in [-0.25, -0.2) is 4.79 Å². The van der Waals surface area contributed by atoms with Crippen LogP contribution in [0.4, 0.5) is 0 Å². The molecule has 1 aromatic carbocycles. The van der Waals surface area contributed by atoms with Gasteiger partial charge in [0.1, 0.15) is 0 Å². The van der Waals surface area contributed by atoms with Gasteiger partial charge in [0, 0.05) is 4.47 Å². The van der Waals surface area contributed by atoms with Crippen molar-refractivity contribution in [3.05, 3.63) is 39.2 Å². The highest BCUT2D eigenvalue weighted by Gasteiger charge is 2.07. The van der Waals surface area contributed by atoms with Crippen LogP contribution in [0.1, 0.15) is 0 Å². The number of halogens is 1. The number of nitrogens with zero attached hydrogens (tertiary/aromatic N) is 4. The van der Waals surface area contributed by atoms with Crippen LogP contribution >= 0.6 is 15.9 Å². The molecular weight excluding hydrogens is 276 g/mol. The van der Waals surface area contributed by atoms with Crippen molar-refractivity contribution in [3.8, 4) is 5.69 Å².